The van der Waals surface area contributed by atoms with Gasteiger partial charge >= 0.3 is 0 Å². The molecule has 4 heteroatoms. The zero-order chi connectivity index (χ0) is 9.84. The molecule has 0 bridgehead atoms. The lowest BCUT2D eigenvalue weighted by Crippen LogP contribution is -1.85. The molecule has 13 heavy (non-hydrogen) atoms. The Kier molecular flexibility index (Phi) is 3.42. The Morgan fingerprint density at radius 3 is 2.69 bits per heavy atom. The number of hydrogen-bond donors (Lipinski definition) is 0. The van der Waals surface area contributed by atoms with Crippen molar-refractivity contribution in [1.82, 2.24) is 14.8 Å². The minimum atomic E-state index is 1.00. The third-order valence-electron chi connectivity index (χ3n) is 1.54. The van der Waals surface area contributed by atoms with E-state index in [4.69, 9.17) is 0 Å². The van der Waals surface area contributed by atoms with Gasteiger partial charge < -0.3 is 0 Å². The Bertz CT molecular complexity index is 343. The molecule has 2 heterocycles. The highest BCUT2D eigenvalue weighted by molar-refractivity contribution is 7.18. The van der Waals surface area contributed by atoms with Gasteiger partial charge in [-0.3, -0.25) is 4.68 Å². The van der Waals surface area contributed by atoms with Crippen LogP contribution in [0.2, 0.25) is 0 Å². The highest BCUT2D eigenvalue weighted by Crippen LogP contribution is 2.19. The van der Waals surface area contributed by atoms with E-state index in [1.807, 2.05) is 27.1 Å². The first-order valence-electron chi connectivity index (χ1n) is 4.58. The Morgan fingerprint density at radius 1 is 1.46 bits per heavy atom. The van der Waals surface area contributed by atoms with Crippen LogP contribution >= 0.6 is 11.3 Å². The van der Waals surface area contributed by atoms with Gasteiger partial charge in [-0.05, 0) is 6.42 Å². The second kappa shape index (κ2) is 4.37. The third-order valence-corrected chi connectivity index (χ3v) is 2.64. The summed E-state index contributed by atoms with van der Waals surface area (Å²) in [5, 5.41) is 5.42. The maximum Gasteiger partial charge on any atom is 0.165 e. The average Bonchev–Trinajstić information content (AvgIpc) is 2.64. The van der Waals surface area contributed by atoms with Crippen LogP contribution < -0.4 is 0 Å². The van der Waals surface area contributed by atoms with E-state index in [1.54, 1.807) is 16.0 Å². The summed E-state index contributed by atoms with van der Waals surface area (Å²) in [6.07, 6.45) is 2.95. The fourth-order valence-electron chi connectivity index (χ4n) is 1.02. The molecule has 0 N–H and O–H groups in total. The summed E-state index contributed by atoms with van der Waals surface area (Å²) >= 11 is 1.68. The van der Waals surface area contributed by atoms with E-state index in [1.165, 1.54) is 5.01 Å². The summed E-state index contributed by atoms with van der Waals surface area (Å²) in [6.45, 7) is 6.11. The SMILES string of the molecule is CC.CCc1nc2cn(C)nc2s1. The molecule has 0 aliphatic heterocycles. The Labute approximate surface area is 82.4 Å². The van der Waals surface area contributed by atoms with Crippen molar-refractivity contribution in [2.75, 3.05) is 0 Å². The molecule has 2 rings (SSSR count). The molecule has 0 spiro atoms. The van der Waals surface area contributed by atoms with E-state index in [2.05, 4.69) is 17.0 Å². The predicted octanol–water partition coefficient (Wildman–Crippen LogP) is 2.62. The second-order valence-corrected chi connectivity index (χ2v) is 3.52. The molecule has 0 atom stereocenters. The number of aromatic nitrogens is 3. The first kappa shape index (κ1) is 10.2. The molecule has 0 amide bonds. The molecule has 0 saturated carbocycles. The normalized spacial score (nSPS) is 9.85. The first-order chi connectivity index (χ1) is 6.29. The van der Waals surface area contributed by atoms with Gasteiger partial charge in [-0.25, -0.2) is 4.98 Å². The molecule has 2 aromatic heterocycles. The van der Waals surface area contributed by atoms with Crippen LogP contribution in [0.4, 0.5) is 0 Å². The minimum absolute atomic E-state index is 1.00. The molecule has 0 aliphatic rings. The van der Waals surface area contributed by atoms with Crippen molar-refractivity contribution in [3.8, 4) is 0 Å². The Hall–Kier alpha value is -0.900. The van der Waals surface area contributed by atoms with Gasteiger partial charge in [-0.1, -0.05) is 32.1 Å². The predicted molar refractivity (Wildman–Crippen MR) is 57.1 cm³/mol. The van der Waals surface area contributed by atoms with Crippen LogP contribution in [-0.2, 0) is 13.5 Å². The summed E-state index contributed by atoms with van der Waals surface area (Å²) in [6, 6.07) is 0. The van der Waals surface area contributed by atoms with Gasteiger partial charge in [0.15, 0.2) is 4.83 Å². The summed E-state index contributed by atoms with van der Waals surface area (Å²) < 4.78 is 1.80. The molecule has 0 unspecified atom stereocenters. The average molecular weight is 197 g/mol. The lowest BCUT2D eigenvalue weighted by Gasteiger charge is -1.83. The van der Waals surface area contributed by atoms with Crippen molar-refractivity contribution in [2.24, 2.45) is 7.05 Å². The van der Waals surface area contributed by atoms with Crippen LogP contribution in [0.5, 0.6) is 0 Å². The topological polar surface area (TPSA) is 30.7 Å². The molecular formula is C9H15N3S. The van der Waals surface area contributed by atoms with E-state index in [0.29, 0.717) is 0 Å². The maximum absolute atomic E-state index is 4.39. The van der Waals surface area contributed by atoms with Crippen LogP contribution in [0.3, 0.4) is 0 Å². The van der Waals surface area contributed by atoms with Crippen LogP contribution in [0.1, 0.15) is 25.8 Å². The quantitative estimate of drug-likeness (QED) is 0.703. The van der Waals surface area contributed by atoms with E-state index in [9.17, 15) is 0 Å². The van der Waals surface area contributed by atoms with Gasteiger partial charge in [0.25, 0.3) is 0 Å². The molecule has 0 aromatic carbocycles. The Morgan fingerprint density at radius 2 is 2.15 bits per heavy atom. The number of rotatable bonds is 1. The molecule has 2 aromatic rings. The van der Waals surface area contributed by atoms with Gasteiger partial charge in [0.2, 0.25) is 0 Å². The number of thiazole rings is 1. The van der Waals surface area contributed by atoms with Crippen LogP contribution in [0.25, 0.3) is 10.3 Å². The molecule has 0 radical (unpaired) electrons. The van der Waals surface area contributed by atoms with Gasteiger partial charge in [0, 0.05) is 7.05 Å². The fourth-order valence-corrected chi connectivity index (χ4v) is 1.91. The van der Waals surface area contributed by atoms with Crippen molar-refractivity contribution >= 4 is 21.7 Å². The van der Waals surface area contributed by atoms with E-state index in [0.717, 1.165) is 16.8 Å². The molecule has 0 saturated heterocycles. The number of nitrogens with zero attached hydrogens (tertiary/aromatic N) is 3. The highest BCUT2D eigenvalue weighted by atomic mass is 32.1. The number of aryl methyl sites for hydroxylation is 2. The van der Waals surface area contributed by atoms with Crippen molar-refractivity contribution in [3.63, 3.8) is 0 Å². The van der Waals surface area contributed by atoms with Crippen LogP contribution in [-0.4, -0.2) is 14.8 Å². The highest BCUT2D eigenvalue weighted by Gasteiger charge is 2.04. The van der Waals surface area contributed by atoms with Crippen molar-refractivity contribution in [1.29, 1.82) is 0 Å². The smallest absolute Gasteiger partial charge is 0.165 e. The zero-order valence-corrected chi connectivity index (χ0v) is 9.35. The van der Waals surface area contributed by atoms with E-state index in [-0.39, 0.29) is 0 Å². The molecule has 0 fully saturated rings. The van der Waals surface area contributed by atoms with Crippen LogP contribution in [0, 0.1) is 0 Å². The zero-order valence-electron chi connectivity index (χ0n) is 8.53. The number of fused-ring (bicyclic) bond motifs is 1. The monoisotopic (exact) mass is 197 g/mol. The minimum Gasteiger partial charge on any atom is -0.272 e. The summed E-state index contributed by atoms with van der Waals surface area (Å²) in [4.78, 5) is 5.43. The standard InChI is InChI=1S/C7H9N3S.C2H6/c1-3-6-8-5-4-10(2)9-7(5)11-6;1-2/h4H,3H2,1-2H3;1-2H3. The maximum atomic E-state index is 4.39. The van der Waals surface area contributed by atoms with Gasteiger partial charge in [0.05, 0.1) is 11.2 Å². The fraction of sp³-hybridized carbons (Fsp3) is 0.556. The van der Waals surface area contributed by atoms with Crippen molar-refractivity contribution in [3.05, 3.63) is 11.2 Å². The third kappa shape index (κ3) is 2.06. The molecule has 72 valence electrons. The summed E-state index contributed by atoms with van der Waals surface area (Å²) in [5.41, 5.74) is 1.02. The van der Waals surface area contributed by atoms with E-state index < -0.39 is 0 Å². The number of hydrogen-bond acceptors (Lipinski definition) is 3. The van der Waals surface area contributed by atoms with Gasteiger partial charge in [-0.2, -0.15) is 5.10 Å². The lowest BCUT2D eigenvalue weighted by molar-refractivity contribution is 0.781. The molecule has 3 nitrogen and oxygen atoms in total. The van der Waals surface area contributed by atoms with E-state index >= 15 is 0 Å². The summed E-state index contributed by atoms with van der Waals surface area (Å²) in [5.74, 6) is 0. The summed E-state index contributed by atoms with van der Waals surface area (Å²) in [7, 11) is 1.92. The second-order valence-electron chi connectivity index (χ2n) is 2.45. The van der Waals surface area contributed by atoms with Crippen LogP contribution in [0.15, 0.2) is 6.20 Å². The molecule has 0 aliphatic carbocycles. The largest absolute Gasteiger partial charge is 0.272 e. The first-order valence-corrected chi connectivity index (χ1v) is 5.40. The van der Waals surface area contributed by atoms with Gasteiger partial charge in [0.1, 0.15) is 5.52 Å². The molecular weight excluding hydrogens is 182 g/mol. The van der Waals surface area contributed by atoms with Gasteiger partial charge in [-0.15, -0.1) is 0 Å². The lowest BCUT2D eigenvalue weighted by atomic mass is 10.5. The van der Waals surface area contributed by atoms with Crippen molar-refractivity contribution in [2.45, 2.75) is 27.2 Å². The van der Waals surface area contributed by atoms with Crippen molar-refractivity contribution < 1.29 is 0 Å². The Balaban J connectivity index is 0.000000396.